The first-order valence-corrected chi connectivity index (χ1v) is 8.99. The second kappa shape index (κ2) is 7.75. The zero-order chi connectivity index (χ0) is 18.6. The van der Waals surface area contributed by atoms with E-state index in [1.54, 1.807) is 24.3 Å². The van der Waals surface area contributed by atoms with Crippen LogP contribution in [-0.4, -0.2) is 46.7 Å². The number of aliphatic hydroxyl groups is 1. The maximum Gasteiger partial charge on any atom is 0.325 e. The Morgan fingerprint density at radius 2 is 1.85 bits per heavy atom. The number of amides is 3. The van der Waals surface area contributed by atoms with Crippen molar-refractivity contribution in [2.24, 2.45) is 0 Å². The third kappa shape index (κ3) is 3.81. The Labute approximate surface area is 152 Å². The van der Waals surface area contributed by atoms with Gasteiger partial charge in [-0.05, 0) is 37.1 Å². The maximum absolute atomic E-state index is 12.8. The van der Waals surface area contributed by atoms with E-state index in [0.29, 0.717) is 24.2 Å². The number of hydrogen-bond acceptors (Lipinski definition) is 5. The third-order valence-electron chi connectivity index (χ3n) is 5.02. The van der Waals surface area contributed by atoms with Crippen molar-refractivity contribution in [1.29, 1.82) is 5.26 Å². The van der Waals surface area contributed by atoms with Gasteiger partial charge in [0.1, 0.15) is 24.0 Å². The van der Waals surface area contributed by atoms with Gasteiger partial charge >= 0.3 is 6.03 Å². The molecule has 2 N–H and O–H groups in total. The number of aliphatic hydroxyl groups excluding tert-OH is 1. The van der Waals surface area contributed by atoms with E-state index in [4.69, 9.17) is 10.00 Å². The zero-order valence-electron chi connectivity index (χ0n) is 14.6. The number of benzene rings is 1. The molecule has 1 aromatic carbocycles. The van der Waals surface area contributed by atoms with Gasteiger partial charge in [0.15, 0.2) is 0 Å². The van der Waals surface area contributed by atoms with Crippen LogP contribution in [0.4, 0.5) is 4.79 Å². The molecular formula is C19H23N3O4. The van der Waals surface area contributed by atoms with Crippen molar-refractivity contribution in [3.05, 3.63) is 29.8 Å². The fourth-order valence-electron chi connectivity index (χ4n) is 3.59. The Morgan fingerprint density at radius 3 is 2.46 bits per heavy atom. The first-order valence-electron chi connectivity index (χ1n) is 8.99. The molecule has 3 amide bonds. The second-order valence-electron chi connectivity index (χ2n) is 6.94. The van der Waals surface area contributed by atoms with Gasteiger partial charge in [0.25, 0.3) is 5.91 Å². The van der Waals surface area contributed by atoms with Crippen LogP contribution in [0.2, 0.25) is 0 Å². The van der Waals surface area contributed by atoms with Gasteiger partial charge in [0, 0.05) is 0 Å². The van der Waals surface area contributed by atoms with Crippen LogP contribution in [-0.2, 0) is 4.79 Å². The maximum atomic E-state index is 12.8. The molecular weight excluding hydrogens is 334 g/mol. The van der Waals surface area contributed by atoms with Crippen LogP contribution in [0.1, 0.15) is 44.1 Å². The molecule has 1 aromatic rings. The summed E-state index contributed by atoms with van der Waals surface area (Å²) < 4.78 is 5.48. The molecule has 2 fully saturated rings. The molecule has 1 saturated carbocycles. The Bertz CT molecular complexity index is 702. The van der Waals surface area contributed by atoms with Crippen LogP contribution in [0.15, 0.2) is 24.3 Å². The van der Waals surface area contributed by atoms with Gasteiger partial charge in [-0.3, -0.25) is 9.69 Å². The molecule has 1 spiro atoms. The largest absolute Gasteiger partial charge is 0.491 e. The zero-order valence-corrected chi connectivity index (χ0v) is 14.6. The number of rotatable bonds is 5. The number of carbonyl (C=O) groups excluding carboxylic acids is 2. The van der Waals surface area contributed by atoms with Gasteiger partial charge in [-0.2, -0.15) is 5.26 Å². The van der Waals surface area contributed by atoms with E-state index in [9.17, 15) is 14.7 Å². The molecule has 2 aliphatic rings. The summed E-state index contributed by atoms with van der Waals surface area (Å²) >= 11 is 0. The Kier molecular flexibility index (Phi) is 5.43. The standard InChI is InChI=1S/C19H23N3O4/c20-11-14-5-7-16(8-6-14)26-13-15(23)12-22-17(24)19(21-18(22)25)9-3-1-2-4-10-19/h5-8,15,23H,1-4,9-10,12-13H2,(H,21,25). The predicted octanol–water partition coefficient (Wildman–Crippen LogP) is 1.94. The molecule has 1 unspecified atom stereocenters. The number of ether oxygens (including phenoxy) is 1. The van der Waals surface area contributed by atoms with E-state index in [1.807, 2.05) is 6.07 Å². The lowest BCUT2D eigenvalue weighted by Gasteiger charge is -2.25. The van der Waals surface area contributed by atoms with Crippen molar-refractivity contribution < 1.29 is 19.4 Å². The quantitative estimate of drug-likeness (QED) is 0.784. The smallest absolute Gasteiger partial charge is 0.325 e. The lowest BCUT2D eigenvalue weighted by atomic mass is 9.90. The number of nitriles is 1. The van der Waals surface area contributed by atoms with Crippen molar-refractivity contribution in [1.82, 2.24) is 10.2 Å². The second-order valence-corrected chi connectivity index (χ2v) is 6.94. The molecule has 0 bridgehead atoms. The van der Waals surface area contributed by atoms with E-state index >= 15 is 0 Å². The first-order chi connectivity index (χ1) is 12.5. The molecule has 138 valence electrons. The highest BCUT2D eigenvalue weighted by molar-refractivity contribution is 6.07. The van der Waals surface area contributed by atoms with Crippen LogP contribution in [0.3, 0.4) is 0 Å². The lowest BCUT2D eigenvalue weighted by Crippen LogP contribution is -2.47. The number of nitrogens with one attached hydrogen (secondary N) is 1. The van der Waals surface area contributed by atoms with Gasteiger partial charge in [-0.15, -0.1) is 0 Å². The number of β-amino-alcohol motifs (C(OH)–C–C–N with tert-alkyl or cyclic N) is 1. The number of imide groups is 1. The summed E-state index contributed by atoms with van der Waals surface area (Å²) in [6, 6.07) is 8.10. The van der Waals surface area contributed by atoms with Gasteiger partial charge in [0.2, 0.25) is 0 Å². The molecule has 26 heavy (non-hydrogen) atoms. The van der Waals surface area contributed by atoms with E-state index in [2.05, 4.69) is 5.32 Å². The summed E-state index contributed by atoms with van der Waals surface area (Å²) in [4.78, 5) is 26.2. The van der Waals surface area contributed by atoms with Crippen molar-refractivity contribution in [3.63, 3.8) is 0 Å². The lowest BCUT2D eigenvalue weighted by molar-refractivity contribution is -0.132. The molecule has 3 rings (SSSR count). The highest BCUT2D eigenvalue weighted by Gasteiger charge is 2.50. The van der Waals surface area contributed by atoms with Crippen molar-refractivity contribution >= 4 is 11.9 Å². The molecule has 1 saturated heterocycles. The molecule has 0 aromatic heterocycles. The van der Waals surface area contributed by atoms with E-state index in [0.717, 1.165) is 30.6 Å². The van der Waals surface area contributed by atoms with Gasteiger partial charge < -0.3 is 15.2 Å². The van der Waals surface area contributed by atoms with Crippen molar-refractivity contribution in [2.75, 3.05) is 13.2 Å². The minimum atomic E-state index is -0.985. The van der Waals surface area contributed by atoms with Crippen LogP contribution >= 0.6 is 0 Å². The topological polar surface area (TPSA) is 103 Å². The number of hydrogen-bond donors (Lipinski definition) is 2. The van der Waals surface area contributed by atoms with Crippen LogP contribution in [0.25, 0.3) is 0 Å². The minimum absolute atomic E-state index is 0.0457. The monoisotopic (exact) mass is 357 g/mol. The summed E-state index contributed by atoms with van der Waals surface area (Å²) in [5, 5.41) is 21.8. The van der Waals surface area contributed by atoms with Crippen molar-refractivity contribution in [2.45, 2.75) is 50.2 Å². The van der Waals surface area contributed by atoms with Gasteiger partial charge in [0.05, 0.1) is 18.2 Å². The van der Waals surface area contributed by atoms with E-state index in [-0.39, 0.29) is 19.1 Å². The van der Waals surface area contributed by atoms with Crippen molar-refractivity contribution in [3.8, 4) is 11.8 Å². The first kappa shape index (κ1) is 18.2. The molecule has 7 heteroatoms. The Hall–Kier alpha value is -2.59. The molecule has 7 nitrogen and oxygen atoms in total. The van der Waals surface area contributed by atoms with Gasteiger partial charge in [-0.25, -0.2) is 4.79 Å². The summed E-state index contributed by atoms with van der Waals surface area (Å²) in [5.74, 6) is 0.280. The summed E-state index contributed by atoms with van der Waals surface area (Å²) in [5.41, 5.74) is -0.271. The van der Waals surface area contributed by atoms with Crippen LogP contribution in [0, 0.1) is 11.3 Å². The fourth-order valence-corrected chi connectivity index (χ4v) is 3.59. The molecule has 1 heterocycles. The fraction of sp³-hybridized carbons (Fsp3) is 0.526. The molecule has 1 aliphatic heterocycles. The predicted molar refractivity (Wildman–Crippen MR) is 93.3 cm³/mol. The molecule has 1 atom stereocenters. The number of nitrogens with zero attached hydrogens (tertiary/aromatic N) is 2. The molecule has 0 radical (unpaired) electrons. The SMILES string of the molecule is N#Cc1ccc(OCC(O)CN2C(=O)NC3(CCCCCC3)C2=O)cc1. The summed E-state index contributed by atoms with van der Waals surface area (Å²) in [6.07, 6.45) is 4.32. The van der Waals surface area contributed by atoms with Gasteiger partial charge in [-0.1, -0.05) is 25.7 Å². The average molecular weight is 357 g/mol. The number of urea groups is 1. The normalized spacial score (nSPS) is 20.4. The number of carbonyl (C=O) groups is 2. The molecule has 1 aliphatic carbocycles. The van der Waals surface area contributed by atoms with Crippen LogP contribution in [0.5, 0.6) is 5.75 Å². The highest BCUT2D eigenvalue weighted by Crippen LogP contribution is 2.32. The highest BCUT2D eigenvalue weighted by atomic mass is 16.5. The summed E-state index contributed by atoms with van der Waals surface area (Å²) in [6.45, 7) is -0.140. The summed E-state index contributed by atoms with van der Waals surface area (Å²) in [7, 11) is 0. The third-order valence-corrected chi connectivity index (χ3v) is 5.02. The average Bonchev–Trinajstić information content (AvgIpc) is 2.82. The minimum Gasteiger partial charge on any atom is -0.491 e. The van der Waals surface area contributed by atoms with E-state index < -0.39 is 17.7 Å². The Balaban J connectivity index is 1.56. The van der Waals surface area contributed by atoms with Crippen LogP contribution < -0.4 is 10.1 Å². The Morgan fingerprint density at radius 1 is 1.19 bits per heavy atom. The van der Waals surface area contributed by atoms with E-state index in [1.165, 1.54) is 0 Å².